The van der Waals surface area contributed by atoms with Gasteiger partial charge in [-0.15, -0.1) is 0 Å². The van der Waals surface area contributed by atoms with Crippen LogP contribution in [-0.4, -0.2) is 33.9 Å². The summed E-state index contributed by atoms with van der Waals surface area (Å²) in [6.45, 7) is 2.38. The molecule has 0 saturated carbocycles. The number of carboxylic acid groups (broad SMARTS) is 1. The normalized spacial score (nSPS) is 27.7. The molecule has 0 spiro atoms. The Morgan fingerprint density at radius 1 is 1.62 bits per heavy atom. The molecule has 1 amide bonds. The van der Waals surface area contributed by atoms with Gasteiger partial charge in [-0.05, 0) is 23.9 Å². The summed E-state index contributed by atoms with van der Waals surface area (Å²) in [6.07, 6.45) is 1.49. The maximum absolute atomic E-state index is 10.9. The van der Waals surface area contributed by atoms with Crippen molar-refractivity contribution in [1.82, 2.24) is 4.90 Å². The van der Waals surface area contributed by atoms with Gasteiger partial charge in [-0.2, -0.15) is 0 Å². The second kappa shape index (κ2) is 3.96. The van der Waals surface area contributed by atoms with E-state index in [1.165, 1.54) is 4.90 Å². The van der Waals surface area contributed by atoms with E-state index in [-0.39, 0.29) is 5.92 Å². The van der Waals surface area contributed by atoms with Crippen LogP contribution in [-0.2, 0) is 4.79 Å². The average Bonchev–Trinajstić information content (AvgIpc) is 2.46. The molecular formula is C8H12ClNO3. The van der Waals surface area contributed by atoms with Gasteiger partial charge in [0.15, 0.2) is 0 Å². The molecule has 1 N–H and O–H groups in total. The first-order valence-electron chi connectivity index (χ1n) is 4.26. The molecule has 74 valence electrons. The molecule has 0 unspecified atom stereocenters. The fraction of sp³-hybridized carbons (Fsp3) is 0.750. The van der Waals surface area contributed by atoms with Gasteiger partial charge in [-0.3, -0.25) is 4.79 Å². The van der Waals surface area contributed by atoms with Crippen LogP contribution >= 0.6 is 11.6 Å². The minimum atomic E-state index is -0.960. The summed E-state index contributed by atoms with van der Waals surface area (Å²) in [6, 6.07) is -0.727. The third kappa shape index (κ3) is 1.94. The Bertz CT molecular complexity index is 231. The number of halogens is 1. The summed E-state index contributed by atoms with van der Waals surface area (Å²) in [5.74, 6) is -0.918. The highest BCUT2D eigenvalue weighted by Crippen LogP contribution is 2.28. The zero-order valence-electron chi connectivity index (χ0n) is 7.36. The molecule has 0 aliphatic carbocycles. The fourth-order valence-electron chi connectivity index (χ4n) is 1.82. The van der Waals surface area contributed by atoms with Crippen molar-refractivity contribution < 1.29 is 14.7 Å². The van der Waals surface area contributed by atoms with Crippen LogP contribution in [0.3, 0.4) is 0 Å². The zero-order chi connectivity index (χ0) is 10.0. The number of carboxylic acids is 1. The lowest BCUT2D eigenvalue weighted by Crippen LogP contribution is -2.40. The smallest absolute Gasteiger partial charge is 0.326 e. The van der Waals surface area contributed by atoms with Crippen molar-refractivity contribution in [3.8, 4) is 0 Å². The van der Waals surface area contributed by atoms with Gasteiger partial charge in [0.1, 0.15) is 6.04 Å². The molecule has 0 aromatic heterocycles. The predicted molar refractivity (Wildman–Crippen MR) is 47.8 cm³/mol. The van der Waals surface area contributed by atoms with Gasteiger partial charge in [0, 0.05) is 6.54 Å². The van der Waals surface area contributed by atoms with Crippen LogP contribution in [0, 0.1) is 5.92 Å². The first-order valence-corrected chi connectivity index (χ1v) is 4.64. The molecule has 0 radical (unpaired) electrons. The number of nitrogens with zero attached hydrogens (tertiary/aromatic N) is 1. The van der Waals surface area contributed by atoms with E-state index < -0.39 is 17.4 Å². The molecule has 0 bridgehead atoms. The second-order valence-electron chi connectivity index (χ2n) is 3.19. The van der Waals surface area contributed by atoms with Crippen molar-refractivity contribution in [2.45, 2.75) is 25.8 Å². The largest absolute Gasteiger partial charge is 0.480 e. The SMILES string of the molecule is CC[C@@H]1CCN(C(=O)Cl)[C@H]1C(=O)O. The first-order chi connectivity index (χ1) is 6.07. The van der Waals surface area contributed by atoms with Gasteiger partial charge >= 0.3 is 11.3 Å². The monoisotopic (exact) mass is 205 g/mol. The van der Waals surface area contributed by atoms with Crippen LogP contribution in [0.4, 0.5) is 4.79 Å². The van der Waals surface area contributed by atoms with Crippen LogP contribution in [0.15, 0.2) is 0 Å². The molecule has 2 atom stereocenters. The van der Waals surface area contributed by atoms with E-state index >= 15 is 0 Å². The van der Waals surface area contributed by atoms with Crippen molar-refractivity contribution in [2.24, 2.45) is 5.92 Å². The first kappa shape index (κ1) is 10.3. The van der Waals surface area contributed by atoms with Gasteiger partial charge in [-0.25, -0.2) is 4.79 Å². The van der Waals surface area contributed by atoms with E-state index in [4.69, 9.17) is 16.7 Å². The molecule has 1 heterocycles. The third-order valence-electron chi connectivity index (χ3n) is 2.53. The van der Waals surface area contributed by atoms with E-state index in [0.717, 1.165) is 12.8 Å². The van der Waals surface area contributed by atoms with Crippen LogP contribution in [0.25, 0.3) is 0 Å². The molecule has 1 aliphatic heterocycles. The number of carbonyl (C=O) groups excluding carboxylic acids is 1. The Kier molecular flexibility index (Phi) is 3.14. The molecule has 1 fully saturated rings. The second-order valence-corrected chi connectivity index (χ2v) is 3.51. The van der Waals surface area contributed by atoms with Crippen LogP contribution in [0.2, 0.25) is 0 Å². The van der Waals surface area contributed by atoms with E-state index in [1.54, 1.807) is 0 Å². The summed E-state index contributed by atoms with van der Waals surface area (Å²) in [7, 11) is 0. The maximum Gasteiger partial charge on any atom is 0.326 e. The van der Waals surface area contributed by atoms with Crippen molar-refractivity contribution in [1.29, 1.82) is 0 Å². The Balaban J connectivity index is 2.78. The van der Waals surface area contributed by atoms with E-state index in [2.05, 4.69) is 0 Å². The van der Waals surface area contributed by atoms with Crippen molar-refractivity contribution in [3.05, 3.63) is 0 Å². The highest BCUT2D eigenvalue weighted by atomic mass is 35.5. The summed E-state index contributed by atoms with van der Waals surface area (Å²) in [4.78, 5) is 22.9. The number of hydrogen-bond donors (Lipinski definition) is 1. The summed E-state index contributed by atoms with van der Waals surface area (Å²) in [5.41, 5.74) is 0. The van der Waals surface area contributed by atoms with E-state index in [1.807, 2.05) is 6.92 Å². The minimum Gasteiger partial charge on any atom is -0.480 e. The standard InChI is InChI=1S/C8H12ClNO3/c1-2-5-3-4-10(8(9)13)6(5)7(11)12/h5-6H,2-4H2,1H3,(H,11,12)/t5-,6-/m1/s1. The van der Waals surface area contributed by atoms with Gasteiger partial charge < -0.3 is 10.0 Å². The molecule has 5 heteroatoms. The van der Waals surface area contributed by atoms with Crippen LogP contribution in [0.5, 0.6) is 0 Å². The number of carbonyl (C=O) groups is 2. The minimum absolute atomic E-state index is 0.0419. The van der Waals surface area contributed by atoms with Gasteiger partial charge in [-0.1, -0.05) is 13.3 Å². The number of likely N-dealkylation sites (tertiary alicyclic amines) is 1. The highest BCUT2D eigenvalue weighted by Gasteiger charge is 2.40. The van der Waals surface area contributed by atoms with E-state index in [0.29, 0.717) is 6.54 Å². The fourth-order valence-corrected chi connectivity index (χ4v) is 2.01. The number of hydrogen-bond acceptors (Lipinski definition) is 2. The van der Waals surface area contributed by atoms with Crippen molar-refractivity contribution in [2.75, 3.05) is 6.54 Å². The van der Waals surface area contributed by atoms with Gasteiger partial charge in [0.2, 0.25) is 0 Å². The van der Waals surface area contributed by atoms with Gasteiger partial charge in [0.05, 0.1) is 0 Å². The van der Waals surface area contributed by atoms with Crippen molar-refractivity contribution in [3.63, 3.8) is 0 Å². The van der Waals surface area contributed by atoms with Crippen LogP contribution in [0.1, 0.15) is 19.8 Å². The lowest BCUT2D eigenvalue weighted by Gasteiger charge is -2.21. The number of aliphatic carboxylic acids is 1. The quantitative estimate of drug-likeness (QED) is 0.550. The Hall–Kier alpha value is -0.770. The molecule has 1 saturated heterocycles. The summed E-state index contributed by atoms with van der Waals surface area (Å²) in [5, 5.41) is 8.22. The molecule has 0 aromatic carbocycles. The Morgan fingerprint density at radius 3 is 2.62 bits per heavy atom. The summed E-state index contributed by atoms with van der Waals surface area (Å²) < 4.78 is 0. The third-order valence-corrected chi connectivity index (χ3v) is 2.74. The van der Waals surface area contributed by atoms with Crippen LogP contribution < -0.4 is 0 Å². The Labute approximate surface area is 81.5 Å². The molecule has 0 aromatic rings. The summed E-state index contributed by atoms with van der Waals surface area (Å²) >= 11 is 5.27. The lowest BCUT2D eigenvalue weighted by atomic mass is 9.98. The lowest BCUT2D eigenvalue weighted by molar-refractivity contribution is -0.142. The van der Waals surface area contributed by atoms with Gasteiger partial charge in [0.25, 0.3) is 0 Å². The molecule has 1 aliphatic rings. The average molecular weight is 206 g/mol. The topological polar surface area (TPSA) is 57.6 Å². The molecular weight excluding hydrogens is 194 g/mol. The predicted octanol–water partition coefficient (Wildman–Crippen LogP) is 1.53. The molecule has 4 nitrogen and oxygen atoms in total. The molecule has 13 heavy (non-hydrogen) atoms. The highest BCUT2D eigenvalue weighted by molar-refractivity contribution is 6.63. The van der Waals surface area contributed by atoms with Crippen molar-refractivity contribution >= 4 is 22.9 Å². The number of rotatable bonds is 2. The maximum atomic E-state index is 10.9. The molecule has 1 rings (SSSR count). The zero-order valence-corrected chi connectivity index (χ0v) is 8.12. The number of amides is 1. The van der Waals surface area contributed by atoms with E-state index in [9.17, 15) is 9.59 Å². The Morgan fingerprint density at radius 2 is 2.23 bits per heavy atom.